The Hall–Kier alpha value is -1.37. The molecule has 0 radical (unpaired) electrons. The summed E-state index contributed by atoms with van der Waals surface area (Å²) in [5.41, 5.74) is 1.28. The standard InChI is InChI=1S/C27H36N2O2S2/c1-17(26(31)29-13-7-8-14-29)20-11-12-27(3)15-21-24(18(2)23(27)25(20)30)28-22(33-21)16-32-19-9-5-4-6-10-19/h4-6,9-10,17-18,20,23,25,30H,7-8,11-16H2,1-3H3/t17-,18-,20+,23+,25-,27-/m0/s1. The number of aromatic nitrogens is 1. The molecule has 1 saturated heterocycles. The molecule has 1 aliphatic heterocycles. The number of fused-ring (bicyclic) bond motifs is 2. The van der Waals surface area contributed by atoms with Crippen LogP contribution in [0.5, 0.6) is 0 Å². The molecule has 2 aromatic rings. The lowest BCUT2D eigenvalue weighted by Gasteiger charge is -2.53. The molecule has 1 amide bonds. The van der Waals surface area contributed by atoms with Crippen molar-refractivity contribution in [2.75, 3.05) is 13.1 Å². The molecule has 1 N–H and O–H groups in total. The van der Waals surface area contributed by atoms with Gasteiger partial charge in [-0.25, -0.2) is 4.98 Å². The van der Waals surface area contributed by atoms with Gasteiger partial charge in [0.2, 0.25) is 5.91 Å². The summed E-state index contributed by atoms with van der Waals surface area (Å²) in [5.74, 6) is 1.46. The van der Waals surface area contributed by atoms with Gasteiger partial charge in [0, 0.05) is 34.7 Å². The molecule has 1 aromatic carbocycles. The Labute approximate surface area is 206 Å². The van der Waals surface area contributed by atoms with Gasteiger partial charge >= 0.3 is 0 Å². The Balaban J connectivity index is 1.33. The van der Waals surface area contributed by atoms with Crippen molar-refractivity contribution < 1.29 is 9.90 Å². The number of likely N-dealkylation sites (tertiary alicyclic amines) is 1. The number of carbonyl (C=O) groups excluding carboxylic acids is 1. The van der Waals surface area contributed by atoms with E-state index in [0.717, 1.165) is 50.9 Å². The van der Waals surface area contributed by atoms with Crippen LogP contribution in [0.3, 0.4) is 0 Å². The molecule has 6 atom stereocenters. The molecule has 3 aliphatic rings. The smallest absolute Gasteiger partial charge is 0.225 e. The molecule has 2 fully saturated rings. The first kappa shape index (κ1) is 23.4. The van der Waals surface area contributed by atoms with E-state index in [1.165, 1.54) is 20.5 Å². The van der Waals surface area contributed by atoms with E-state index in [4.69, 9.17) is 4.98 Å². The highest BCUT2D eigenvalue weighted by molar-refractivity contribution is 7.98. The van der Waals surface area contributed by atoms with Gasteiger partial charge in [-0.1, -0.05) is 39.0 Å². The van der Waals surface area contributed by atoms with Gasteiger partial charge in [-0.2, -0.15) is 0 Å². The van der Waals surface area contributed by atoms with Crippen LogP contribution in [0.1, 0.15) is 68.0 Å². The second kappa shape index (κ2) is 9.35. The van der Waals surface area contributed by atoms with E-state index in [0.29, 0.717) is 0 Å². The summed E-state index contributed by atoms with van der Waals surface area (Å²) in [7, 11) is 0. The van der Waals surface area contributed by atoms with Crippen LogP contribution in [0.15, 0.2) is 35.2 Å². The van der Waals surface area contributed by atoms with E-state index in [-0.39, 0.29) is 35.0 Å². The topological polar surface area (TPSA) is 53.4 Å². The number of hydrogen-bond acceptors (Lipinski definition) is 5. The third kappa shape index (κ3) is 4.39. The van der Waals surface area contributed by atoms with Crippen molar-refractivity contribution in [1.82, 2.24) is 9.88 Å². The number of nitrogens with zero attached hydrogens (tertiary/aromatic N) is 2. The highest BCUT2D eigenvalue weighted by Gasteiger charge is 2.54. The van der Waals surface area contributed by atoms with Crippen molar-refractivity contribution in [2.24, 2.45) is 23.2 Å². The van der Waals surface area contributed by atoms with Crippen molar-refractivity contribution in [2.45, 2.75) is 75.5 Å². The molecule has 4 nitrogen and oxygen atoms in total. The van der Waals surface area contributed by atoms with Crippen molar-refractivity contribution in [3.8, 4) is 0 Å². The summed E-state index contributed by atoms with van der Waals surface area (Å²) in [4.78, 5) is 22.9. The molecule has 178 valence electrons. The van der Waals surface area contributed by atoms with E-state index < -0.39 is 6.10 Å². The molecule has 5 rings (SSSR count). The van der Waals surface area contributed by atoms with Crippen LogP contribution in [0, 0.1) is 23.2 Å². The number of amides is 1. The zero-order valence-electron chi connectivity index (χ0n) is 20.0. The number of thioether (sulfide) groups is 1. The molecule has 0 spiro atoms. The van der Waals surface area contributed by atoms with E-state index >= 15 is 0 Å². The SMILES string of the molecule is C[C@H](C(=O)N1CCCC1)[C@H]1CC[C@@]2(C)Cc3sc(CSc4ccccc4)nc3[C@@H](C)[C@@H]2[C@H]1O. The lowest BCUT2D eigenvalue weighted by atomic mass is 9.53. The van der Waals surface area contributed by atoms with Crippen LogP contribution in [-0.2, 0) is 17.0 Å². The fourth-order valence-corrected chi connectivity index (χ4v) is 9.01. The highest BCUT2D eigenvalue weighted by Crippen LogP contribution is 2.57. The van der Waals surface area contributed by atoms with Gasteiger partial charge in [-0.15, -0.1) is 23.1 Å². The number of aliphatic hydroxyl groups is 1. The quantitative estimate of drug-likeness (QED) is 0.549. The maximum Gasteiger partial charge on any atom is 0.225 e. The molecule has 2 aliphatic carbocycles. The first-order valence-corrected chi connectivity index (χ1v) is 14.3. The van der Waals surface area contributed by atoms with Crippen molar-refractivity contribution in [1.29, 1.82) is 0 Å². The largest absolute Gasteiger partial charge is 0.392 e. The van der Waals surface area contributed by atoms with Gasteiger partial charge in [0.15, 0.2) is 0 Å². The third-order valence-corrected chi connectivity index (χ3v) is 10.8. The van der Waals surface area contributed by atoms with Crippen molar-refractivity contribution >= 4 is 29.0 Å². The molecular formula is C27H36N2O2S2. The molecule has 33 heavy (non-hydrogen) atoms. The van der Waals surface area contributed by atoms with Crippen LogP contribution < -0.4 is 0 Å². The van der Waals surface area contributed by atoms with Crippen molar-refractivity contribution in [3.63, 3.8) is 0 Å². The maximum atomic E-state index is 13.1. The van der Waals surface area contributed by atoms with Gasteiger partial charge in [-0.05, 0) is 61.5 Å². The van der Waals surface area contributed by atoms with Crippen LogP contribution >= 0.6 is 23.1 Å². The number of aliphatic hydroxyl groups excluding tert-OH is 1. The third-order valence-electron chi connectivity index (χ3n) is 8.52. The van der Waals surface area contributed by atoms with E-state index in [9.17, 15) is 9.90 Å². The number of thiazole rings is 1. The fraction of sp³-hybridized carbons (Fsp3) is 0.630. The van der Waals surface area contributed by atoms with E-state index in [1.807, 2.05) is 28.0 Å². The van der Waals surface area contributed by atoms with E-state index in [2.05, 4.69) is 51.1 Å². The lowest BCUT2D eigenvalue weighted by molar-refractivity contribution is -0.143. The monoisotopic (exact) mass is 484 g/mol. The Morgan fingerprint density at radius 1 is 1.30 bits per heavy atom. The summed E-state index contributed by atoms with van der Waals surface area (Å²) in [6.07, 6.45) is 4.79. The maximum absolute atomic E-state index is 13.1. The average Bonchev–Trinajstić information content (AvgIpc) is 3.47. The van der Waals surface area contributed by atoms with Crippen LogP contribution in [-0.4, -0.2) is 40.1 Å². The summed E-state index contributed by atoms with van der Waals surface area (Å²) in [6, 6.07) is 10.5. The van der Waals surface area contributed by atoms with Gasteiger partial charge in [0.1, 0.15) is 5.01 Å². The minimum Gasteiger partial charge on any atom is -0.392 e. The second-order valence-corrected chi connectivity index (χ2v) is 12.9. The summed E-state index contributed by atoms with van der Waals surface area (Å²) >= 11 is 3.71. The zero-order valence-corrected chi connectivity index (χ0v) is 21.6. The Bertz CT molecular complexity index is 987. The van der Waals surface area contributed by atoms with Crippen LogP contribution in [0.4, 0.5) is 0 Å². The molecular weight excluding hydrogens is 448 g/mol. The fourth-order valence-electron chi connectivity index (χ4n) is 6.73. The number of benzene rings is 1. The predicted molar refractivity (Wildman–Crippen MR) is 136 cm³/mol. The summed E-state index contributed by atoms with van der Waals surface area (Å²) in [6.45, 7) is 8.44. The minimum absolute atomic E-state index is 0.0481. The van der Waals surface area contributed by atoms with Gasteiger partial charge in [0.05, 0.1) is 17.6 Å². The molecule has 1 saturated carbocycles. The molecule has 2 heterocycles. The van der Waals surface area contributed by atoms with Crippen molar-refractivity contribution in [3.05, 3.63) is 45.9 Å². The normalized spacial score (nSPS) is 32.3. The molecule has 6 heteroatoms. The van der Waals surface area contributed by atoms with Gasteiger partial charge in [-0.3, -0.25) is 4.79 Å². The first-order chi connectivity index (χ1) is 15.9. The molecule has 0 bridgehead atoms. The number of hydrogen-bond donors (Lipinski definition) is 1. The van der Waals surface area contributed by atoms with E-state index in [1.54, 1.807) is 0 Å². The van der Waals surface area contributed by atoms with Gasteiger partial charge < -0.3 is 10.0 Å². The second-order valence-electron chi connectivity index (χ2n) is 10.7. The Morgan fingerprint density at radius 3 is 2.76 bits per heavy atom. The highest BCUT2D eigenvalue weighted by atomic mass is 32.2. The number of rotatable bonds is 5. The van der Waals surface area contributed by atoms with Gasteiger partial charge in [0.25, 0.3) is 0 Å². The zero-order chi connectivity index (χ0) is 23.2. The van der Waals surface area contributed by atoms with Crippen LogP contribution in [0.25, 0.3) is 0 Å². The summed E-state index contributed by atoms with van der Waals surface area (Å²) < 4.78 is 0. The predicted octanol–water partition coefficient (Wildman–Crippen LogP) is 5.75. The average molecular weight is 485 g/mol. The number of carbonyl (C=O) groups is 1. The first-order valence-electron chi connectivity index (χ1n) is 12.5. The lowest BCUT2D eigenvalue weighted by Crippen LogP contribution is -2.53. The Morgan fingerprint density at radius 2 is 2.03 bits per heavy atom. The minimum atomic E-state index is -0.447. The van der Waals surface area contributed by atoms with Crippen LogP contribution in [0.2, 0.25) is 0 Å². The molecule has 1 aromatic heterocycles. The summed E-state index contributed by atoms with van der Waals surface area (Å²) in [5, 5.41) is 12.8. The Kier molecular flexibility index (Phi) is 6.62. The molecule has 0 unspecified atom stereocenters.